The molecule has 0 amide bonds. The van der Waals surface area contributed by atoms with Crippen molar-refractivity contribution in [2.45, 2.75) is 6.54 Å². The summed E-state index contributed by atoms with van der Waals surface area (Å²) in [6, 6.07) is 6.74. The molecule has 0 fully saturated rings. The maximum Gasteiger partial charge on any atom is 0.145 e. The first kappa shape index (κ1) is 15.2. The Labute approximate surface area is 128 Å². The summed E-state index contributed by atoms with van der Waals surface area (Å²) in [4.78, 5) is 0. The molecule has 0 radical (unpaired) electrons. The molecule has 0 aliphatic rings. The Morgan fingerprint density at radius 1 is 1.20 bits per heavy atom. The van der Waals surface area contributed by atoms with Crippen LogP contribution in [-0.2, 0) is 6.54 Å². The van der Waals surface area contributed by atoms with Gasteiger partial charge in [-0.2, -0.15) is 0 Å². The summed E-state index contributed by atoms with van der Waals surface area (Å²) in [5, 5.41) is 2.92. The van der Waals surface area contributed by atoms with Crippen LogP contribution in [0.15, 0.2) is 34.8 Å². The third-order valence-corrected chi connectivity index (χ3v) is 3.49. The highest BCUT2D eigenvalue weighted by Gasteiger charge is 2.11. The second kappa shape index (κ2) is 6.52. The highest BCUT2D eigenvalue weighted by molar-refractivity contribution is 9.10. The summed E-state index contributed by atoms with van der Waals surface area (Å²) in [5.41, 5.74) is 0.634. The van der Waals surface area contributed by atoms with Gasteiger partial charge in [-0.1, -0.05) is 11.6 Å². The van der Waals surface area contributed by atoms with Gasteiger partial charge in [0.25, 0.3) is 0 Å². The molecule has 106 valence electrons. The van der Waals surface area contributed by atoms with Crippen molar-refractivity contribution in [3.63, 3.8) is 0 Å². The molecular weight excluding hydrogens is 352 g/mol. The van der Waals surface area contributed by atoms with Gasteiger partial charge in [-0.15, -0.1) is 0 Å². The summed E-state index contributed by atoms with van der Waals surface area (Å²) in [6.45, 7) is 0.431. The summed E-state index contributed by atoms with van der Waals surface area (Å²) in [5.74, 6) is -0.217. The Balaban J connectivity index is 2.37. The van der Waals surface area contributed by atoms with Crippen LogP contribution in [0.3, 0.4) is 0 Å². The zero-order chi connectivity index (χ0) is 14.7. The van der Waals surface area contributed by atoms with Gasteiger partial charge in [-0.05, 0) is 47.2 Å². The second-order valence-corrected chi connectivity index (χ2v) is 5.34. The van der Waals surface area contributed by atoms with E-state index in [-0.39, 0.29) is 16.6 Å². The lowest BCUT2D eigenvalue weighted by atomic mass is 10.2. The van der Waals surface area contributed by atoms with Gasteiger partial charge < -0.3 is 10.1 Å². The van der Waals surface area contributed by atoms with Gasteiger partial charge in [0.2, 0.25) is 0 Å². The van der Waals surface area contributed by atoms with Crippen molar-refractivity contribution >= 4 is 27.5 Å². The number of hydrogen-bond acceptors (Lipinski definition) is 2. The lowest BCUT2D eigenvalue weighted by molar-refractivity contribution is 0.463. The first-order valence-corrected chi connectivity index (χ1v) is 6.93. The Kier molecular flexibility index (Phi) is 4.96. The Bertz CT molecular complexity index is 637. The van der Waals surface area contributed by atoms with Crippen LogP contribution in [0, 0.1) is 11.6 Å². The lowest BCUT2D eigenvalue weighted by Crippen LogP contribution is -2.07. The van der Waals surface area contributed by atoms with Crippen LogP contribution in [0.25, 0.3) is 0 Å². The Morgan fingerprint density at radius 3 is 2.65 bits per heavy atom. The second-order valence-electron chi connectivity index (χ2n) is 4.08. The van der Waals surface area contributed by atoms with Gasteiger partial charge in [0.05, 0.1) is 9.50 Å². The maximum atomic E-state index is 13.5. The average molecular weight is 363 g/mol. The van der Waals surface area contributed by atoms with Crippen LogP contribution in [0.4, 0.5) is 8.78 Å². The molecule has 2 aromatic carbocycles. The number of ether oxygens (including phenoxy) is 1. The van der Waals surface area contributed by atoms with Gasteiger partial charge in [-0.3, -0.25) is 0 Å². The number of hydrogen-bond donors (Lipinski definition) is 1. The van der Waals surface area contributed by atoms with Gasteiger partial charge >= 0.3 is 0 Å². The SMILES string of the molecule is CNCc1cc(F)ccc1Oc1cc(F)c(Cl)cc1Br. The highest BCUT2D eigenvalue weighted by atomic mass is 79.9. The third kappa shape index (κ3) is 3.48. The van der Waals surface area contributed by atoms with E-state index in [4.69, 9.17) is 16.3 Å². The fourth-order valence-electron chi connectivity index (χ4n) is 1.68. The van der Waals surface area contributed by atoms with E-state index in [9.17, 15) is 8.78 Å². The molecule has 0 bridgehead atoms. The molecule has 0 atom stereocenters. The van der Waals surface area contributed by atoms with E-state index in [2.05, 4.69) is 21.2 Å². The van der Waals surface area contributed by atoms with Crippen LogP contribution in [0.2, 0.25) is 5.02 Å². The minimum Gasteiger partial charge on any atom is -0.456 e. The highest BCUT2D eigenvalue weighted by Crippen LogP contribution is 2.35. The van der Waals surface area contributed by atoms with E-state index in [1.54, 1.807) is 7.05 Å². The van der Waals surface area contributed by atoms with Crippen molar-refractivity contribution in [2.75, 3.05) is 7.05 Å². The molecule has 20 heavy (non-hydrogen) atoms. The molecule has 0 aliphatic carbocycles. The predicted molar refractivity (Wildman–Crippen MR) is 78.3 cm³/mol. The van der Waals surface area contributed by atoms with E-state index in [1.807, 2.05) is 0 Å². The molecule has 0 spiro atoms. The number of rotatable bonds is 4. The molecule has 2 rings (SSSR count). The van der Waals surface area contributed by atoms with Crippen molar-refractivity contribution in [2.24, 2.45) is 0 Å². The third-order valence-electron chi connectivity index (χ3n) is 2.58. The van der Waals surface area contributed by atoms with Gasteiger partial charge in [0.15, 0.2) is 0 Å². The Hall–Kier alpha value is -1.17. The molecule has 6 heteroatoms. The maximum absolute atomic E-state index is 13.5. The first-order valence-electron chi connectivity index (χ1n) is 5.76. The monoisotopic (exact) mass is 361 g/mol. The standard InChI is InChI=1S/C14H11BrClF2NO/c1-19-7-8-4-9(17)2-3-13(8)20-14-6-12(18)11(16)5-10(14)15/h2-6,19H,7H2,1H3. The molecule has 0 aromatic heterocycles. The zero-order valence-corrected chi connectivity index (χ0v) is 12.9. The number of benzene rings is 2. The fraction of sp³-hybridized carbons (Fsp3) is 0.143. The molecule has 2 aromatic rings. The molecule has 0 saturated carbocycles. The topological polar surface area (TPSA) is 21.3 Å². The van der Waals surface area contributed by atoms with Crippen molar-refractivity contribution in [3.8, 4) is 11.5 Å². The number of halogens is 4. The van der Waals surface area contributed by atoms with Crippen molar-refractivity contribution < 1.29 is 13.5 Å². The fourth-order valence-corrected chi connectivity index (χ4v) is 2.40. The van der Waals surface area contributed by atoms with Crippen molar-refractivity contribution in [3.05, 3.63) is 57.0 Å². The van der Waals surface area contributed by atoms with Crippen LogP contribution >= 0.6 is 27.5 Å². The van der Waals surface area contributed by atoms with E-state index in [0.717, 1.165) is 0 Å². The molecule has 2 nitrogen and oxygen atoms in total. The van der Waals surface area contributed by atoms with Gasteiger partial charge in [-0.25, -0.2) is 8.78 Å². The molecule has 0 aliphatic heterocycles. The molecule has 0 saturated heterocycles. The average Bonchev–Trinajstić information content (AvgIpc) is 2.39. The smallest absolute Gasteiger partial charge is 0.145 e. The molecular formula is C14H11BrClF2NO. The summed E-state index contributed by atoms with van der Waals surface area (Å²) in [6.07, 6.45) is 0. The molecule has 0 unspecified atom stereocenters. The molecule has 0 heterocycles. The zero-order valence-electron chi connectivity index (χ0n) is 10.5. The van der Waals surface area contributed by atoms with E-state index in [1.165, 1.54) is 30.3 Å². The van der Waals surface area contributed by atoms with Gasteiger partial charge in [0, 0.05) is 18.2 Å². The normalized spacial score (nSPS) is 10.7. The minimum atomic E-state index is -0.581. The quantitative estimate of drug-likeness (QED) is 0.782. The van der Waals surface area contributed by atoms with Crippen molar-refractivity contribution in [1.82, 2.24) is 5.32 Å². The van der Waals surface area contributed by atoms with Crippen LogP contribution in [-0.4, -0.2) is 7.05 Å². The summed E-state index contributed by atoms with van der Waals surface area (Å²) in [7, 11) is 1.74. The minimum absolute atomic E-state index is 0.00113. The first-order chi connectivity index (χ1) is 9.51. The van der Waals surface area contributed by atoms with Gasteiger partial charge in [0.1, 0.15) is 23.1 Å². The largest absolute Gasteiger partial charge is 0.456 e. The Morgan fingerprint density at radius 2 is 1.95 bits per heavy atom. The van der Waals surface area contributed by atoms with Crippen LogP contribution in [0.5, 0.6) is 11.5 Å². The summed E-state index contributed by atoms with van der Waals surface area (Å²) < 4.78 is 32.9. The van der Waals surface area contributed by atoms with E-state index in [0.29, 0.717) is 22.3 Å². The predicted octanol–water partition coefficient (Wildman–Crippen LogP) is 4.89. The van der Waals surface area contributed by atoms with Crippen molar-refractivity contribution in [1.29, 1.82) is 0 Å². The van der Waals surface area contributed by atoms with Crippen LogP contribution < -0.4 is 10.1 Å². The van der Waals surface area contributed by atoms with E-state index < -0.39 is 5.82 Å². The summed E-state index contributed by atoms with van der Waals surface area (Å²) >= 11 is 8.92. The lowest BCUT2D eigenvalue weighted by Gasteiger charge is -2.13. The van der Waals surface area contributed by atoms with Crippen LogP contribution in [0.1, 0.15) is 5.56 Å². The molecule has 1 N–H and O–H groups in total. The van der Waals surface area contributed by atoms with E-state index >= 15 is 0 Å². The number of nitrogens with one attached hydrogen (secondary N) is 1.